The molecule has 0 bridgehead atoms. The Morgan fingerprint density at radius 2 is 2.10 bits per heavy atom. The maximum atomic E-state index is 8.86. The van der Waals surface area contributed by atoms with Crippen molar-refractivity contribution in [2.45, 2.75) is 39.0 Å². The van der Waals surface area contributed by atoms with E-state index in [0.717, 1.165) is 19.4 Å². The Labute approximate surface area is 62.6 Å². The number of aliphatic hydroxyl groups is 1. The maximum absolute atomic E-state index is 8.86. The smallest absolute Gasteiger partial charge is 0.0517 e. The van der Waals surface area contributed by atoms with Crippen LogP contribution in [-0.4, -0.2) is 23.9 Å². The molecular formula is C7H18N2O. The summed E-state index contributed by atoms with van der Waals surface area (Å²) >= 11 is 0. The first kappa shape index (κ1) is 9.88. The van der Waals surface area contributed by atoms with Gasteiger partial charge in [-0.1, -0.05) is 0 Å². The van der Waals surface area contributed by atoms with Gasteiger partial charge in [0.25, 0.3) is 0 Å². The van der Waals surface area contributed by atoms with Crippen molar-refractivity contribution in [3.05, 3.63) is 0 Å². The van der Waals surface area contributed by atoms with Crippen molar-refractivity contribution in [3.8, 4) is 0 Å². The lowest BCUT2D eigenvalue weighted by molar-refractivity contribution is 0.181. The van der Waals surface area contributed by atoms with E-state index >= 15 is 0 Å². The van der Waals surface area contributed by atoms with Crippen molar-refractivity contribution >= 4 is 0 Å². The molecule has 62 valence electrons. The summed E-state index contributed by atoms with van der Waals surface area (Å²) in [7, 11) is 0. The quantitative estimate of drug-likeness (QED) is 0.379. The SMILES string of the molecule is CC(O)CCCNC(C)N. The van der Waals surface area contributed by atoms with Gasteiger partial charge in [0.15, 0.2) is 0 Å². The van der Waals surface area contributed by atoms with Crippen LogP contribution in [0.2, 0.25) is 0 Å². The Balaban J connectivity index is 2.91. The Kier molecular flexibility index (Phi) is 5.58. The molecule has 3 nitrogen and oxygen atoms in total. The molecule has 4 N–H and O–H groups in total. The fourth-order valence-corrected chi connectivity index (χ4v) is 0.727. The summed E-state index contributed by atoms with van der Waals surface area (Å²) in [6, 6.07) is 0. The molecule has 0 rings (SSSR count). The molecule has 0 saturated carbocycles. The lowest BCUT2D eigenvalue weighted by Crippen LogP contribution is -2.34. The Morgan fingerprint density at radius 3 is 2.50 bits per heavy atom. The first-order chi connectivity index (χ1) is 4.63. The van der Waals surface area contributed by atoms with Gasteiger partial charge in [-0.15, -0.1) is 0 Å². The molecule has 0 spiro atoms. The highest BCUT2D eigenvalue weighted by Crippen LogP contribution is 1.93. The lowest BCUT2D eigenvalue weighted by atomic mass is 10.2. The van der Waals surface area contributed by atoms with Crippen LogP contribution in [0.15, 0.2) is 0 Å². The molecule has 3 heteroatoms. The van der Waals surface area contributed by atoms with Crippen LogP contribution in [0.3, 0.4) is 0 Å². The number of aliphatic hydroxyl groups excluding tert-OH is 1. The van der Waals surface area contributed by atoms with Crippen LogP contribution in [0.25, 0.3) is 0 Å². The third kappa shape index (κ3) is 7.88. The summed E-state index contributed by atoms with van der Waals surface area (Å²) in [6.07, 6.45) is 1.71. The van der Waals surface area contributed by atoms with E-state index in [4.69, 9.17) is 10.8 Å². The molecule has 0 aromatic heterocycles. The van der Waals surface area contributed by atoms with Gasteiger partial charge < -0.3 is 16.2 Å². The van der Waals surface area contributed by atoms with E-state index in [0.29, 0.717) is 0 Å². The highest BCUT2D eigenvalue weighted by molar-refractivity contribution is 4.53. The van der Waals surface area contributed by atoms with Crippen molar-refractivity contribution < 1.29 is 5.11 Å². The van der Waals surface area contributed by atoms with Crippen LogP contribution in [0, 0.1) is 0 Å². The average molecular weight is 146 g/mol. The van der Waals surface area contributed by atoms with Crippen molar-refractivity contribution in [2.24, 2.45) is 5.73 Å². The highest BCUT2D eigenvalue weighted by atomic mass is 16.3. The standard InChI is InChI=1S/C7H18N2O/c1-6(10)4-3-5-9-7(2)8/h6-7,9-10H,3-5,8H2,1-2H3. The van der Waals surface area contributed by atoms with Crippen LogP contribution < -0.4 is 11.1 Å². The average Bonchev–Trinajstić information content (AvgIpc) is 1.79. The van der Waals surface area contributed by atoms with Crippen molar-refractivity contribution in [1.29, 1.82) is 0 Å². The first-order valence-electron chi connectivity index (χ1n) is 3.80. The van der Waals surface area contributed by atoms with E-state index in [1.54, 1.807) is 6.92 Å². The number of nitrogens with two attached hydrogens (primary N) is 1. The minimum atomic E-state index is -0.185. The Morgan fingerprint density at radius 1 is 1.50 bits per heavy atom. The van der Waals surface area contributed by atoms with Crippen LogP contribution >= 0.6 is 0 Å². The summed E-state index contributed by atoms with van der Waals surface area (Å²) in [6.45, 7) is 4.59. The summed E-state index contributed by atoms with van der Waals surface area (Å²) in [5.41, 5.74) is 5.44. The molecular weight excluding hydrogens is 128 g/mol. The zero-order valence-electron chi connectivity index (χ0n) is 6.80. The van der Waals surface area contributed by atoms with Crippen LogP contribution in [0.5, 0.6) is 0 Å². The predicted molar refractivity (Wildman–Crippen MR) is 42.6 cm³/mol. The summed E-state index contributed by atoms with van der Waals surface area (Å²) in [5, 5.41) is 11.9. The van der Waals surface area contributed by atoms with Crippen molar-refractivity contribution in [3.63, 3.8) is 0 Å². The number of hydrogen-bond donors (Lipinski definition) is 3. The van der Waals surface area contributed by atoms with E-state index in [-0.39, 0.29) is 12.3 Å². The van der Waals surface area contributed by atoms with Gasteiger partial charge in [0, 0.05) is 0 Å². The topological polar surface area (TPSA) is 58.3 Å². The third-order valence-electron chi connectivity index (χ3n) is 1.26. The third-order valence-corrected chi connectivity index (χ3v) is 1.26. The number of hydrogen-bond acceptors (Lipinski definition) is 3. The molecule has 2 atom stereocenters. The number of rotatable bonds is 5. The van der Waals surface area contributed by atoms with Crippen LogP contribution in [0.1, 0.15) is 26.7 Å². The van der Waals surface area contributed by atoms with Gasteiger partial charge in [-0.25, -0.2) is 0 Å². The lowest BCUT2D eigenvalue weighted by Gasteiger charge is -2.08. The molecule has 0 radical (unpaired) electrons. The van der Waals surface area contributed by atoms with Gasteiger partial charge in [-0.05, 0) is 33.2 Å². The molecule has 0 aliphatic heterocycles. The van der Waals surface area contributed by atoms with Gasteiger partial charge in [0.1, 0.15) is 0 Å². The Hall–Kier alpha value is -0.120. The minimum Gasteiger partial charge on any atom is -0.393 e. The normalized spacial score (nSPS) is 16.8. The Bertz CT molecular complexity index is 64.0. The van der Waals surface area contributed by atoms with Gasteiger partial charge in [0.05, 0.1) is 12.3 Å². The van der Waals surface area contributed by atoms with E-state index in [1.165, 1.54) is 0 Å². The van der Waals surface area contributed by atoms with Crippen LogP contribution in [0.4, 0.5) is 0 Å². The molecule has 0 aliphatic rings. The number of nitrogens with one attached hydrogen (secondary N) is 1. The second-order valence-electron chi connectivity index (χ2n) is 2.73. The van der Waals surface area contributed by atoms with Crippen molar-refractivity contribution in [2.75, 3.05) is 6.54 Å². The molecule has 2 unspecified atom stereocenters. The fraction of sp³-hybridized carbons (Fsp3) is 1.00. The largest absolute Gasteiger partial charge is 0.393 e. The molecule has 10 heavy (non-hydrogen) atoms. The predicted octanol–water partition coefficient (Wildman–Crippen LogP) is 0.0417. The molecule has 0 saturated heterocycles. The van der Waals surface area contributed by atoms with Gasteiger partial charge in [-0.3, -0.25) is 0 Å². The van der Waals surface area contributed by atoms with E-state index in [1.807, 2.05) is 6.92 Å². The molecule has 0 fully saturated rings. The zero-order valence-corrected chi connectivity index (χ0v) is 6.80. The summed E-state index contributed by atoms with van der Waals surface area (Å²) in [4.78, 5) is 0. The molecule has 0 heterocycles. The first-order valence-corrected chi connectivity index (χ1v) is 3.80. The second kappa shape index (κ2) is 5.65. The molecule has 0 aliphatic carbocycles. The minimum absolute atomic E-state index is 0.0639. The maximum Gasteiger partial charge on any atom is 0.0517 e. The van der Waals surface area contributed by atoms with Gasteiger partial charge >= 0.3 is 0 Å². The second-order valence-corrected chi connectivity index (χ2v) is 2.73. The zero-order chi connectivity index (χ0) is 7.98. The van der Waals surface area contributed by atoms with Gasteiger partial charge in [0.2, 0.25) is 0 Å². The monoisotopic (exact) mass is 146 g/mol. The highest BCUT2D eigenvalue weighted by Gasteiger charge is 1.95. The fourth-order valence-electron chi connectivity index (χ4n) is 0.727. The summed E-state index contributed by atoms with van der Waals surface area (Å²) < 4.78 is 0. The van der Waals surface area contributed by atoms with Crippen LogP contribution in [-0.2, 0) is 0 Å². The van der Waals surface area contributed by atoms with E-state index in [9.17, 15) is 0 Å². The summed E-state index contributed by atoms with van der Waals surface area (Å²) in [5.74, 6) is 0. The molecule has 0 aromatic carbocycles. The van der Waals surface area contributed by atoms with E-state index in [2.05, 4.69) is 5.32 Å². The van der Waals surface area contributed by atoms with Crippen molar-refractivity contribution in [1.82, 2.24) is 5.32 Å². The molecule has 0 amide bonds. The molecule has 0 aromatic rings. The van der Waals surface area contributed by atoms with Gasteiger partial charge in [-0.2, -0.15) is 0 Å². The van der Waals surface area contributed by atoms with E-state index < -0.39 is 0 Å².